The van der Waals surface area contributed by atoms with Crippen LogP contribution in [0.3, 0.4) is 0 Å². The topological polar surface area (TPSA) is 80.4 Å². The number of nitrogens with zero attached hydrogens (tertiary/aromatic N) is 3. The lowest BCUT2D eigenvalue weighted by molar-refractivity contribution is -0.384. The van der Waals surface area contributed by atoms with Gasteiger partial charge in [-0.05, 0) is 18.4 Å². The SMILES string of the molecule is C/C(=N\Nc1nc(-c2cccc([N+](=O)[O-])c2)cs1)c1cccs1. The summed E-state index contributed by atoms with van der Waals surface area (Å²) >= 11 is 3.02. The summed E-state index contributed by atoms with van der Waals surface area (Å²) in [7, 11) is 0. The van der Waals surface area contributed by atoms with Crippen LogP contribution in [-0.4, -0.2) is 15.6 Å². The van der Waals surface area contributed by atoms with E-state index < -0.39 is 4.92 Å². The van der Waals surface area contributed by atoms with Crippen LogP contribution in [0.2, 0.25) is 0 Å². The number of aromatic nitrogens is 1. The van der Waals surface area contributed by atoms with Gasteiger partial charge in [-0.2, -0.15) is 5.10 Å². The summed E-state index contributed by atoms with van der Waals surface area (Å²) in [5, 5.41) is 19.6. The van der Waals surface area contributed by atoms with E-state index in [9.17, 15) is 10.1 Å². The second kappa shape index (κ2) is 6.67. The number of anilines is 1. The minimum atomic E-state index is -0.413. The van der Waals surface area contributed by atoms with Gasteiger partial charge in [-0.15, -0.1) is 22.7 Å². The molecule has 0 unspecified atom stereocenters. The number of nitro benzene ring substituents is 1. The number of non-ortho nitro benzene ring substituents is 1. The van der Waals surface area contributed by atoms with Crippen molar-refractivity contribution in [2.45, 2.75) is 6.92 Å². The smallest absolute Gasteiger partial charge is 0.258 e. The van der Waals surface area contributed by atoms with E-state index in [4.69, 9.17) is 0 Å². The van der Waals surface area contributed by atoms with Crippen LogP contribution in [0.4, 0.5) is 10.8 Å². The van der Waals surface area contributed by atoms with Crippen LogP contribution in [0.25, 0.3) is 11.3 Å². The Balaban J connectivity index is 1.77. The summed E-state index contributed by atoms with van der Waals surface area (Å²) in [5.74, 6) is 0. The molecule has 116 valence electrons. The van der Waals surface area contributed by atoms with Crippen molar-refractivity contribution in [2.24, 2.45) is 5.10 Å². The van der Waals surface area contributed by atoms with E-state index in [2.05, 4.69) is 15.5 Å². The maximum atomic E-state index is 10.8. The molecule has 0 aliphatic carbocycles. The number of hydrogen-bond donors (Lipinski definition) is 1. The van der Waals surface area contributed by atoms with Gasteiger partial charge in [0.1, 0.15) is 0 Å². The first-order valence-corrected chi connectivity index (χ1v) is 8.44. The Kier molecular flexibility index (Phi) is 4.45. The molecule has 2 heterocycles. The highest BCUT2D eigenvalue weighted by molar-refractivity contribution is 7.14. The van der Waals surface area contributed by atoms with Gasteiger partial charge in [0.25, 0.3) is 5.69 Å². The van der Waals surface area contributed by atoms with E-state index in [0.717, 1.165) is 10.6 Å². The lowest BCUT2D eigenvalue weighted by Crippen LogP contribution is -1.97. The van der Waals surface area contributed by atoms with E-state index >= 15 is 0 Å². The van der Waals surface area contributed by atoms with Gasteiger partial charge in [-0.1, -0.05) is 18.2 Å². The van der Waals surface area contributed by atoms with Crippen LogP contribution >= 0.6 is 22.7 Å². The third-order valence-electron chi connectivity index (χ3n) is 3.05. The quantitative estimate of drug-likeness (QED) is 0.416. The Morgan fingerprint density at radius 2 is 2.17 bits per heavy atom. The van der Waals surface area contributed by atoms with Gasteiger partial charge in [0.05, 0.1) is 16.3 Å². The van der Waals surface area contributed by atoms with Crippen molar-refractivity contribution in [2.75, 3.05) is 5.43 Å². The van der Waals surface area contributed by atoms with Crippen LogP contribution in [0, 0.1) is 10.1 Å². The molecule has 0 radical (unpaired) electrons. The number of nitrogens with one attached hydrogen (secondary N) is 1. The molecule has 2 aromatic heterocycles. The van der Waals surface area contributed by atoms with Crippen molar-refractivity contribution in [3.8, 4) is 11.3 Å². The molecule has 0 bridgehead atoms. The third kappa shape index (κ3) is 3.61. The first-order valence-electron chi connectivity index (χ1n) is 6.68. The molecule has 0 spiro atoms. The van der Waals surface area contributed by atoms with Crippen LogP contribution in [-0.2, 0) is 0 Å². The largest absolute Gasteiger partial charge is 0.270 e. The zero-order valence-electron chi connectivity index (χ0n) is 12.1. The number of hydrazone groups is 1. The van der Waals surface area contributed by atoms with Crippen molar-refractivity contribution >= 4 is 39.2 Å². The Morgan fingerprint density at radius 3 is 2.91 bits per heavy atom. The summed E-state index contributed by atoms with van der Waals surface area (Å²) in [5.41, 5.74) is 5.26. The predicted octanol–water partition coefficient (Wildman–Crippen LogP) is 4.62. The fourth-order valence-corrected chi connectivity index (χ4v) is 3.25. The minimum absolute atomic E-state index is 0.0524. The molecule has 3 rings (SSSR count). The second-order valence-corrected chi connectivity index (χ2v) is 6.44. The highest BCUT2D eigenvalue weighted by Crippen LogP contribution is 2.27. The molecular formula is C15H12N4O2S2. The number of thiazole rings is 1. The second-order valence-electron chi connectivity index (χ2n) is 4.63. The standard InChI is InChI=1S/C15H12N4O2S2/c1-10(14-6-3-7-22-14)17-18-15-16-13(9-23-15)11-4-2-5-12(8-11)19(20)21/h2-9H,1H3,(H,16,18)/b17-10+. The summed E-state index contributed by atoms with van der Waals surface area (Å²) < 4.78 is 0. The average Bonchev–Trinajstić information content (AvgIpc) is 3.24. The maximum absolute atomic E-state index is 10.8. The van der Waals surface area contributed by atoms with Crippen LogP contribution in [0.5, 0.6) is 0 Å². The fraction of sp³-hybridized carbons (Fsp3) is 0.0667. The van der Waals surface area contributed by atoms with E-state index in [1.807, 2.05) is 29.8 Å². The predicted molar refractivity (Wildman–Crippen MR) is 94.4 cm³/mol. The maximum Gasteiger partial charge on any atom is 0.270 e. The summed E-state index contributed by atoms with van der Waals surface area (Å²) in [6, 6.07) is 10.4. The molecule has 0 fully saturated rings. The molecule has 3 aromatic rings. The lowest BCUT2D eigenvalue weighted by atomic mass is 10.1. The Bertz CT molecular complexity index is 856. The molecule has 6 nitrogen and oxygen atoms in total. The Morgan fingerprint density at radius 1 is 1.30 bits per heavy atom. The van der Waals surface area contributed by atoms with Gasteiger partial charge in [-0.3, -0.25) is 15.5 Å². The summed E-state index contributed by atoms with van der Waals surface area (Å²) in [4.78, 5) is 15.9. The highest BCUT2D eigenvalue weighted by atomic mass is 32.1. The normalized spacial score (nSPS) is 11.4. The van der Waals surface area contributed by atoms with Gasteiger partial charge in [0.15, 0.2) is 0 Å². The highest BCUT2D eigenvalue weighted by Gasteiger charge is 2.10. The number of nitro groups is 1. The number of benzene rings is 1. The van der Waals surface area contributed by atoms with Crippen molar-refractivity contribution in [1.29, 1.82) is 0 Å². The number of thiophene rings is 1. The van der Waals surface area contributed by atoms with Crippen LogP contribution in [0.1, 0.15) is 11.8 Å². The average molecular weight is 344 g/mol. The Hall–Kier alpha value is -2.58. The molecule has 0 saturated carbocycles. The Labute approximate surface area is 140 Å². The van der Waals surface area contributed by atoms with Gasteiger partial charge < -0.3 is 0 Å². The number of rotatable bonds is 5. The van der Waals surface area contributed by atoms with Crippen molar-refractivity contribution in [1.82, 2.24) is 4.98 Å². The zero-order valence-corrected chi connectivity index (χ0v) is 13.7. The third-order valence-corrected chi connectivity index (χ3v) is 4.78. The van der Waals surface area contributed by atoms with E-state index in [1.165, 1.54) is 23.5 Å². The van der Waals surface area contributed by atoms with E-state index in [-0.39, 0.29) is 5.69 Å². The molecular weight excluding hydrogens is 332 g/mol. The molecule has 0 aliphatic heterocycles. The van der Waals surface area contributed by atoms with Gasteiger partial charge >= 0.3 is 0 Å². The zero-order chi connectivity index (χ0) is 16.2. The molecule has 8 heteroatoms. The minimum Gasteiger partial charge on any atom is -0.258 e. The monoisotopic (exact) mass is 344 g/mol. The van der Waals surface area contributed by atoms with E-state index in [1.54, 1.807) is 23.5 Å². The van der Waals surface area contributed by atoms with Gasteiger partial charge in [-0.25, -0.2) is 4.98 Å². The van der Waals surface area contributed by atoms with Crippen molar-refractivity contribution in [3.05, 3.63) is 62.1 Å². The molecule has 23 heavy (non-hydrogen) atoms. The number of hydrogen-bond acceptors (Lipinski definition) is 7. The first-order chi connectivity index (χ1) is 11.1. The van der Waals surface area contributed by atoms with Gasteiger partial charge in [0.2, 0.25) is 5.13 Å². The van der Waals surface area contributed by atoms with Crippen LogP contribution < -0.4 is 5.43 Å². The lowest BCUT2D eigenvalue weighted by Gasteiger charge is -1.98. The molecule has 0 saturated heterocycles. The van der Waals surface area contributed by atoms with Crippen molar-refractivity contribution < 1.29 is 4.92 Å². The molecule has 0 amide bonds. The summed E-state index contributed by atoms with van der Waals surface area (Å²) in [6.45, 7) is 1.92. The molecule has 0 aliphatic rings. The molecule has 1 aromatic carbocycles. The fourth-order valence-electron chi connectivity index (χ4n) is 1.91. The summed E-state index contributed by atoms with van der Waals surface area (Å²) in [6.07, 6.45) is 0. The van der Waals surface area contributed by atoms with Crippen LogP contribution in [0.15, 0.2) is 52.3 Å². The first kappa shape index (κ1) is 15.3. The van der Waals surface area contributed by atoms with Crippen molar-refractivity contribution in [3.63, 3.8) is 0 Å². The molecule has 0 atom stereocenters. The van der Waals surface area contributed by atoms with E-state index in [0.29, 0.717) is 16.4 Å². The van der Waals surface area contributed by atoms with Gasteiger partial charge in [0, 0.05) is 28.0 Å². The molecule has 1 N–H and O–H groups in total.